The summed E-state index contributed by atoms with van der Waals surface area (Å²) in [7, 11) is 0. The van der Waals surface area contributed by atoms with Crippen molar-refractivity contribution in [3.05, 3.63) is 41.6 Å². The number of nitrogens with one attached hydrogen (secondary N) is 1. The van der Waals surface area contributed by atoms with Crippen LogP contribution in [0.15, 0.2) is 36.0 Å². The van der Waals surface area contributed by atoms with E-state index in [9.17, 15) is 14.4 Å². The summed E-state index contributed by atoms with van der Waals surface area (Å²) in [5.41, 5.74) is 0.0178. The fourth-order valence-electron chi connectivity index (χ4n) is 2.16. The van der Waals surface area contributed by atoms with E-state index >= 15 is 0 Å². The van der Waals surface area contributed by atoms with E-state index in [1.165, 1.54) is 0 Å². The molecule has 1 aliphatic heterocycles. The van der Waals surface area contributed by atoms with Gasteiger partial charge < -0.3 is 15.2 Å². The van der Waals surface area contributed by atoms with Gasteiger partial charge in [0.25, 0.3) is 11.8 Å². The molecule has 128 valence electrons. The lowest BCUT2D eigenvalue weighted by Crippen LogP contribution is -2.34. The van der Waals surface area contributed by atoms with Crippen LogP contribution < -0.4 is 5.32 Å². The van der Waals surface area contributed by atoms with E-state index in [0.717, 1.165) is 11.0 Å². The van der Waals surface area contributed by atoms with Crippen LogP contribution in [0.25, 0.3) is 0 Å². The molecule has 1 aromatic carbocycles. The number of aliphatic hydroxyl groups is 1. The number of aliphatic hydroxyl groups excluding tert-OH is 1. The molecule has 7 nitrogen and oxygen atoms in total. The maximum atomic E-state index is 12.3. The number of amides is 2. The molecule has 0 aliphatic carbocycles. The molecule has 0 saturated carbocycles. The van der Waals surface area contributed by atoms with Gasteiger partial charge in [0.15, 0.2) is 0 Å². The smallest absolute Gasteiger partial charge is 0.340 e. The van der Waals surface area contributed by atoms with Gasteiger partial charge in [0, 0.05) is 6.08 Å². The number of anilines is 1. The largest absolute Gasteiger partial charge is 0.456 e. The van der Waals surface area contributed by atoms with Gasteiger partial charge in [-0.05, 0) is 32.9 Å². The van der Waals surface area contributed by atoms with Crippen LogP contribution in [0.5, 0.6) is 0 Å². The first-order valence-corrected chi connectivity index (χ1v) is 7.50. The Morgan fingerprint density at radius 2 is 1.92 bits per heavy atom. The third kappa shape index (κ3) is 3.99. The number of hydrogen-bond donors (Lipinski definition) is 2. The summed E-state index contributed by atoms with van der Waals surface area (Å²) in [6, 6.07) is 6.57. The summed E-state index contributed by atoms with van der Waals surface area (Å²) < 4.78 is 5.34. The van der Waals surface area contributed by atoms with E-state index in [1.54, 1.807) is 45.0 Å². The number of rotatable bonds is 5. The summed E-state index contributed by atoms with van der Waals surface area (Å²) in [6.45, 7) is 4.89. The number of para-hydroxylation sites is 1. The lowest BCUT2D eigenvalue weighted by atomic mass is 10.1. The Morgan fingerprint density at radius 1 is 1.25 bits per heavy atom. The SMILES string of the molecule is CC(C)(C)OC(=O)c1ccccc1NC1=CC(=O)N(CCO)C1=O. The van der Waals surface area contributed by atoms with Crippen molar-refractivity contribution < 1.29 is 24.2 Å². The Bertz CT molecular complexity index is 703. The number of imide groups is 1. The molecule has 0 fully saturated rings. The highest BCUT2D eigenvalue weighted by molar-refractivity contribution is 6.17. The molecule has 0 saturated heterocycles. The number of β-amino-alcohol motifs (C(OH)–C–C–N with tert-alkyl or cyclic N) is 1. The minimum atomic E-state index is -0.652. The molecule has 0 aromatic heterocycles. The Balaban J connectivity index is 2.23. The average Bonchev–Trinajstić information content (AvgIpc) is 2.74. The molecule has 7 heteroatoms. The van der Waals surface area contributed by atoms with Crippen LogP contribution in [-0.4, -0.2) is 46.5 Å². The van der Waals surface area contributed by atoms with Crippen molar-refractivity contribution in [2.45, 2.75) is 26.4 Å². The van der Waals surface area contributed by atoms with Gasteiger partial charge in [-0.1, -0.05) is 12.1 Å². The number of hydrogen-bond acceptors (Lipinski definition) is 6. The predicted molar refractivity (Wildman–Crippen MR) is 87.1 cm³/mol. The molecular formula is C17H20N2O5. The number of nitrogens with zero attached hydrogens (tertiary/aromatic N) is 1. The highest BCUT2D eigenvalue weighted by Crippen LogP contribution is 2.23. The van der Waals surface area contributed by atoms with E-state index < -0.39 is 23.4 Å². The summed E-state index contributed by atoms with van der Waals surface area (Å²) in [4.78, 5) is 37.2. The fraction of sp³-hybridized carbons (Fsp3) is 0.353. The molecule has 0 bridgehead atoms. The van der Waals surface area contributed by atoms with Gasteiger partial charge in [-0.2, -0.15) is 0 Å². The van der Waals surface area contributed by atoms with Crippen LogP contribution in [0.4, 0.5) is 5.69 Å². The van der Waals surface area contributed by atoms with Gasteiger partial charge in [-0.3, -0.25) is 14.5 Å². The first-order chi connectivity index (χ1) is 11.2. The molecule has 1 heterocycles. The molecule has 2 rings (SSSR count). The fourth-order valence-corrected chi connectivity index (χ4v) is 2.16. The molecule has 0 spiro atoms. The van der Waals surface area contributed by atoms with Crippen LogP contribution in [0, 0.1) is 0 Å². The Morgan fingerprint density at radius 3 is 2.54 bits per heavy atom. The summed E-state index contributed by atoms with van der Waals surface area (Å²) >= 11 is 0. The van der Waals surface area contributed by atoms with Crippen LogP contribution in [0.1, 0.15) is 31.1 Å². The maximum absolute atomic E-state index is 12.3. The van der Waals surface area contributed by atoms with Crippen LogP contribution in [-0.2, 0) is 14.3 Å². The monoisotopic (exact) mass is 332 g/mol. The second-order valence-corrected chi connectivity index (χ2v) is 6.25. The van der Waals surface area contributed by atoms with Crippen LogP contribution in [0.3, 0.4) is 0 Å². The normalized spacial score (nSPS) is 14.7. The quantitative estimate of drug-likeness (QED) is 0.623. The number of carbonyl (C=O) groups excluding carboxylic acids is 3. The zero-order valence-corrected chi connectivity index (χ0v) is 13.8. The van der Waals surface area contributed by atoms with E-state index in [-0.39, 0.29) is 24.4 Å². The molecule has 1 aliphatic rings. The van der Waals surface area contributed by atoms with Gasteiger partial charge in [0.05, 0.1) is 24.4 Å². The first-order valence-electron chi connectivity index (χ1n) is 7.50. The lowest BCUT2D eigenvalue weighted by Gasteiger charge is -2.21. The van der Waals surface area contributed by atoms with E-state index in [0.29, 0.717) is 5.69 Å². The van der Waals surface area contributed by atoms with Crippen molar-refractivity contribution in [1.82, 2.24) is 4.90 Å². The number of carbonyl (C=O) groups is 3. The van der Waals surface area contributed by atoms with Crippen molar-refractivity contribution in [2.75, 3.05) is 18.5 Å². The number of esters is 1. The zero-order chi connectivity index (χ0) is 17.9. The third-order valence-corrected chi connectivity index (χ3v) is 3.15. The molecule has 0 radical (unpaired) electrons. The van der Waals surface area contributed by atoms with Gasteiger partial charge in [-0.15, -0.1) is 0 Å². The van der Waals surface area contributed by atoms with Gasteiger partial charge >= 0.3 is 5.97 Å². The minimum absolute atomic E-state index is 0.0458. The van der Waals surface area contributed by atoms with Crippen molar-refractivity contribution in [3.63, 3.8) is 0 Å². The van der Waals surface area contributed by atoms with Crippen molar-refractivity contribution in [2.24, 2.45) is 0 Å². The van der Waals surface area contributed by atoms with Crippen molar-refractivity contribution in [3.8, 4) is 0 Å². The maximum Gasteiger partial charge on any atom is 0.340 e. The average molecular weight is 332 g/mol. The lowest BCUT2D eigenvalue weighted by molar-refractivity contribution is -0.137. The van der Waals surface area contributed by atoms with Crippen molar-refractivity contribution >= 4 is 23.5 Å². The second kappa shape index (κ2) is 6.84. The standard InChI is InChI=1S/C17H20N2O5/c1-17(2,3)24-16(23)11-6-4-5-7-12(11)18-13-10-14(21)19(8-9-20)15(13)22/h4-7,10,18,20H,8-9H2,1-3H3. The summed E-state index contributed by atoms with van der Waals surface area (Å²) in [5, 5.41) is 11.7. The molecule has 0 atom stereocenters. The van der Waals surface area contributed by atoms with E-state index in [1.807, 2.05) is 0 Å². The molecular weight excluding hydrogens is 312 g/mol. The van der Waals surface area contributed by atoms with Gasteiger partial charge in [-0.25, -0.2) is 4.79 Å². The minimum Gasteiger partial charge on any atom is -0.456 e. The highest BCUT2D eigenvalue weighted by atomic mass is 16.6. The van der Waals surface area contributed by atoms with E-state index in [2.05, 4.69) is 5.32 Å². The summed E-state index contributed by atoms with van der Waals surface area (Å²) in [5.74, 6) is -1.59. The third-order valence-electron chi connectivity index (χ3n) is 3.15. The van der Waals surface area contributed by atoms with Gasteiger partial charge in [0.2, 0.25) is 0 Å². The molecule has 2 N–H and O–H groups in total. The Kier molecular flexibility index (Phi) is 5.04. The first kappa shape index (κ1) is 17.7. The molecule has 2 amide bonds. The zero-order valence-electron chi connectivity index (χ0n) is 13.8. The molecule has 24 heavy (non-hydrogen) atoms. The van der Waals surface area contributed by atoms with Crippen molar-refractivity contribution in [1.29, 1.82) is 0 Å². The number of ether oxygens (including phenoxy) is 1. The summed E-state index contributed by atoms with van der Waals surface area (Å²) in [6.07, 6.45) is 1.14. The molecule has 1 aromatic rings. The van der Waals surface area contributed by atoms with E-state index in [4.69, 9.17) is 9.84 Å². The van der Waals surface area contributed by atoms with Crippen LogP contribution >= 0.6 is 0 Å². The van der Waals surface area contributed by atoms with Crippen LogP contribution in [0.2, 0.25) is 0 Å². The Hall–Kier alpha value is -2.67. The Labute approximate surface area is 139 Å². The highest BCUT2D eigenvalue weighted by Gasteiger charge is 2.31. The van der Waals surface area contributed by atoms with Gasteiger partial charge in [0.1, 0.15) is 11.3 Å². The molecule has 0 unspecified atom stereocenters. The predicted octanol–water partition coefficient (Wildman–Crippen LogP) is 1.30. The number of benzene rings is 1. The topological polar surface area (TPSA) is 95.9 Å². The second-order valence-electron chi connectivity index (χ2n) is 6.25.